The molecule has 2 aromatic heterocycles. The summed E-state index contributed by atoms with van der Waals surface area (Å²) in [6, 6.07) is 13.2. The van der Waals surface area contributed by atoms with Gasteiger partial charge in [0.2, 0.25) is 5.88 Å². The summed E-state index contributed by atoms with van der Waals surface area (Å²) in [6.45, 7) is 7.47. The molecule has 2 heterocycles. The van der Waals surface area contributed by atoms with E-state index in [2.05, 4.69) is 23.7 Å². The third-order valence-corrected chi connectivity index (χ3v) is 4.87. The third kappa shape index (κ3) is 4.51. The monoisotopic (exact) mass is 381 g/mol. The number of hydrogen-bond donors (Lipinski definition) is 0. The van der Waals surface area contributed by atoms with Gasteiger partial charge in [-0.1, -0.05) is 32.0 Å². The molecule has 6 nitrogen and oxygen atoms in total. The zero-order valence-electron chi connectivity index (χ0n) is 16.7. The third-order valence-electron chi connectivity index (χ3n) is 4.87. The molecule has 0 saturated heterocycles. The number of hydrogen-bond acceptors (Lipinski definition) is 5. The van der Waals surface area contributed by atoms with Gasteiger partial charge in [0.15, 0.2) is 0 Å². The molecule has 0 atom stereocenters. The largest absolute Gasteiger partial charge is 0.497 e. The van der Waals surface area contributed by atoms with Gasteiger partial charge in [-0.3, -0.25) is 9.20 Å². The number of ether oxygens (including phenoxy) is 2. The SMILES string of the molecule is CCN(CC)CCOc1nc2ccccn2c(=O)c1Cc1ccc(OC)cc1. The van der Waals surface area contributed by atoms with Crippen molar-refractivity contribution in [1.82, 2.24) is 14.3 Å². The molecule has 0 aliphatic heterocycles. The quantitative estimate of drug-likeness (QED) is 0.570. The van der Waals surface area contributed by atoms with Gasteiger partial charge in [-0.25, -0.2) is 0 Å². The van der Waals surface area contributed by atoms with Crippen LogP contribution in [0, 0.1) is 0 Å². The maximum absolute atomic E-state index is 13.1. The zero-order valence-corrected chi connectivity index (χ0v) is 16.7. The molecule has 0 aliphatic rings. The van der Waals surface area contributed by atoms with E-state index in [9.17, 15) is 4.79 Å². The maximum Gasteiger partial charge on any atom is 0.265 e. The summed E-state index contributed by atoms with van der Waals surface area (Å²) in [5, 5.41) is 0. The lowest BCUT2D eigenvalue weighted by Gasteiger charge is -2.18. The van der Waals surface area contributed by atoms with Gasteiger partial charge in [-0.15, -0.1) is 0 Å². The van der Waals surface area contributed by atoms with Crippen molar-refractivity contribution in [2.45, 2.75) is 20.3 Å². The van der Waals surface area contributed by atoms with Crippen molar-refractivity contribution in [2.75, 3.05) is 33.4 Å². The fraction of sp³-hybridized carbons (Fsp3) is 0.364. The van der Waals surface area contributed by atoms with E-state index in [-0.39, 0.29) is 5.56 Å². The van der Waals surface area contributed by atoms with Gasteiger partial charge in [-0.2, -0.15) is 4.98 Å². The summed E-state index contributed by atoms with van der Waals surface area (Å²) in [4.78, 5) is 20.0. The van der Waals surface area contributed by atoms with Crippen LogP contribution in [0.4, 0.5) is 0 Å². The number of fused-ring (bicyclic) bond motifs is 1. The first-order valence-electron chi connectivity index (χ1n) is 9.64. The average molecular weight is 381 g/mol. The van der Waals surface area contributed by atoms with Gasteiger partial charge in [-0.05, 0) is 42.9 Å². The number of methoxy groups -OCH3 is 1. The molecule has 1 aromatic carbocycles. The molecule has 0 fully saturated rings. The number of pyridine rings is 1. The Morgan fingerprint density at radius 3 is 2.50 bits per heavy atom. The molecular weight excluding hydrogens is 354 g/mol. The van der Waals surface area contributed by atoms with Crippen molar-refractivity contribution >= 4 is 5.65 Å². The van der Waals surface area contributed by atoms with Crippen LogP contribution in [0.5, 0.6) is 11.6 Å². The van der Waals surface area contributed by atoms with E-state index in [0.29, 0.717) is 30.1 Å². The molecule has 6 heteroatoms. The predicted molar refractivity (Wildman–Crippen MR) is 111 cm³/mol. The first-order valence-corrected chi connectivity index (χ1v) is 9.64. The molecule has 28 heavy (non-hydrogen) atoms. The number of likely N-dealkylation sites (N-methyl/N-ethyl adjacent to an activating group) is 1. The van der Waals surface area contributed by atoms with Crippen LogP contribution >= 0.6 is 0 Å². The molecule has 3 aromatic rings. The van der Waals surface area contributed by atoms with Crippen LogP contribution in [0.15, 0.2) is 53.5 Å². The Morgan fingerprint density at radius 2 is 1.82 bits per heavy atom. The molecule has 0 aliphatic carbocycles. The first-order chi connectivity index (χ1) is 13.7. The van der Waals surface area contributed by atoms with Crippen molar-refractivity contribution in [3.63, 3.8) is 0 Å². The molecule has 0 bridgehead atoms. The van der Waals surface area contributed by atoms with Crippen molar-refractivity contribution in [1.29, 1.82) is 0 Å². The molecule has 0 spiro atoms. The van der Waals surface area contributed by atoms with Crippen molar-refractivity contribution in [2.24, 2.45) is 0 Å². The van der Waals surface area contributed by atoms with Gasteiger partial charge in [0.05, 0.1) is 12.7 Å². The molecule has 0 N–H and O–H groups in total. The van der Waals surface area contributed by atoms with Crippen molar-refractivity contribution < 1.29 is 9.47 Å². The van der Waals surface area contributed by atoms with Crippen LogP contribution in [-0.2, 0) is 6.42 Å². The van der Waals surface area contributed by atoms with Gasteiger partial charge < -0.3 is 14.4 Å². The van der Waals surface area contributed by atoms with E-state index in [1.165, 1.54) is 0 Å². The van der Waals surface area contributed by atoms with E-state index >= 15 is 0 Å². The lowest BCUT2D eigenvalue weighted by molar-refractivity contribution is 0.216. The molecule has 0 unspecified atom stereocenters. The Bertz CT molecular complexity index is 963. The second-order valence-electron chi connectivity index (χ2n) is 6.53. The lowest BCUT2D eigenvalue weighted by Crippen LogP contribution is -2.29. The Kier molecular flexibility index (Phi) is 6.66. The molecule has 0 amide bonds. The van der Waals surface area contributed by atoms with Gasteiger partial charge in [0.25, 0.3) is 5.56 Å². The normalized spacial score (nSPS) is 11.1. The highest BCUT2D eigenvalue weighted by atomic mass is 16.5. The minimum Gasteiger partial charge on any atom is -0.497 e. The standard InChI is InChI=1S/C22H27N3O3/c1-4-24(5-2)14-15-28-21-19(16-17-9-11-18(27-3)12-10-17)22(26)25-13-7-6-8-20(25)23-21/h6-13H,4-5,14-16H2,1-3H3. The number of benzene rings is 1. The minimum absolute atomic E-state index is 0.0979. The van der Waals surface area contributed by atoms with E-state index in [1.54, 1.807) is 17.7 Å². The van der Waals surface area contributed by atoms with Crippen LogP contribution < -0.4 is 15.0 Å². The highest BCUT2D eigenvalue weighted by Gasteiger charge is 2.15. The van der Waals surface area contributed by atoms with Gasteiger partial charge >= 0.3 is 0 Å². The minimum atomic E-state index is -0.0979. The summed E-state index contributed by atoms with van der Waals surface area (Å²) in [7, 11) is 1.64. The fourth-order valence-electron chi connectivity index (χ4n) is 3.13. The maximum atomic E-state index is 13.1. The summed E-state index contributed by atoms with van der Waals surface area (Å²) in [5.41, 5.74) is 2.06. The number of nitrogens with zero attached hydrogens (tertiary/aromatic N) is 3. The summed E-state index contributed by atoms with van der Waals surface area (Å²) >= 11 is 0. The number of rotatable bonds is 9. The Hall–Kier alpha value is -2.86. The van der Waals surface area contributed by atoms with Gasteiger partial charge in [0.1, 0.15) is 18.0 Å². The Balaban J connectivity index is 1.92. The van der Waals surface area contributed by atoms with E-state index in [1.807, 2.05) is 42.5 Å². The summed E-state index contributed by atoms with van der Waals surface area (Å²) in [6.07, 6.45) is 2.19. The first kappa shape index (κ1) is 19.9. The lowest BCUT2D eigenvalue weighted by atomic mass is 10.1. The van der Waals surface area contributed by atoms with Crippen LogP contribution in [0.1, 0.15) is 25.0 Å². The zero-order chi connectivity index (χ0) is 19.9. The van der Waals surface area contributed by atoms with Crippen molar-refractivity contribution in [3.05, 3.63) is 70.1 Å². The Morgan fingerprint density at radius 1 is 1.07 bits per heavy atom. The molecular formula is C22H27N3O3. The molecule has 0 radical (unpaired) electrons. The Labute approximate surface area is 165 Å². The second kappa shape index (κ2) is 9.37. The topological polar surface area (TPSA) is 56.1 Å². The van der Waals surface area contributed by atoms with Crippen LogP contribution in [0.25, 0.3) is 5.65 Å². The highest BCUT2D eigenvalue weighted by molar-refractivity contribution is 5.44. The van der Waals surface area contributed by atoms with Gasteiger partial charge in [0, 0.05) is 19.2 Å². The number of aromatic nitrogens is 2. The summed E-state index contributed by atoms with van der Waals surface area (Å²) < 4.78 is 12.8. The smallest absolute Gasteiger partial charge is 0.265 e. The van der Waals surface area contributed by atoms with E-state index in [0.717, 1.165) is 30.9 Å². The second-order valence-corrected chi connectivity index (χ2v) is 6.53. The fourth-order valence-corrected chi connectivity index (χ4v) is 3.13. The molecule has 0 saturated carbocycles. The molecule has 148 valence electrons. The highest BCUT2D eigenvalue weighted by Crippen LogP contribution is 2.19. The average Bonchev–Trinajstić information content (AvgIpc) is 2.74. The van der Waals surface area contributed by atoms with E-state index < -0.39 is 0 Å². The predicted octanol–water partition coefficient (Wildman–Crippen LogP) is 3.01. The van der Waals surface area contributed by atoms with E-state index in [4.69, 9.17) is 9.47 Å². The van der Waals surface area contributed by atoms with Crippen LogP contribution in [0.3, 0.4) is 0 Å². The van der Waals surface area contributed by atoms with Crippen LogP contribution in [0.2, 0.25) is 0 Å². The summed E-state index contributed by atoms with van der Waals surface area (Å²) in [5.74, 6) is 1.20. The van der Waals surface area contributed by atoms with Crippen molar-refractivity contribution in [3.8, 4) is 11.6 Å². The van der Waals surface area contributed by atoms with Crippen LogP contribution in [-0.4, -0.2) is 47.6 Å². The molecule has 3 rings (SSSR count).